The van der Waals surface area contributed by atoms with Crippen LogP contribution in [0.1, 0.15) is 37.3 Å². The Labute approximate surface area is 226 Å². The highest BCUT2D eigenvalue weighted by atomic mass is 16.6. The van der Waals surface area contributed by atoms with E-state index in [4.69, 9.17) is 9.47 Å². The van der Waals surface area contributed by atoms with E-state index in [1.54, 1.807) is 6.92 Å². The number of aliphatic hydroxyl groups excluding tert-OH is 1. The van der Waals surface area contributed by atoms with E-state index in [2.05, 4.69) is 10.6 Å². The Morgan fingerprint density at radius 1 is 1.10 bits per heavy atom. The summed E-state index contributed by atoms with van der Waals surface area (Å²) in [5.74, 6) is -2.67. The first-order chi connectivity index (χ1) is 18.6. The molecule has 0 saturated carbocycles. The molecule has 0 spiro atoms. The molecule has 11 heteroatoms. The van der Waals surface area contributed by atoms with E-state index in [0.29, 0.717) is 24.4 Å². The predicted molar refractivity (Wildman–Crippen MR) is 141 cm³/mol. The number of carbonyl (C=O) groups is 2. The van der Waals surface area contributed by atoms with Crippen LogP contribution in [0.3, 0.4) is 0 Å². The summed E-state index contributed by atoms with van der Waals surface area (Å²) in [5.41, 5.74) is 1.59. The number of benzene rings is 2. The van der Waals surface area contributed by atoms with Crippen LogP contribution >= 0.6 is 0 Å². The first kappa shape index (κ1) is 29.3. The number of carboxylic acid groups (broad SMARTS) is 1. The number of aliphatic hydroxyl groups is 1. The molecule has 208 valence electrons. The number of non-ortho nitro benzene ring substituents is 1. The fourth-order valence-corrected chi connectivity index (χ4v) is 4.35. The van der Waals surface area contributed by atoms with Crippen LogP contribution < -0.4 is 20.5 Å². The molecule has 0 radical (unpaired) electrons. The molecule has 3 rings (SSSR count). The molecule has 0 aliphatic carbocycles. The first-order valence-electron chi connectivity index (χ1n) is 12.5. The van der Waals surface area contributed by atoms with Crippen molar-refractivity contribution in [2.24, 2.45) is 0 Å². The van der Waals surface area contributed by atoms with Gasteiger partial charge in [0.1, 0.15) is 18.5 Å². The summed E-state index contributed by atoms with van der Waals surface area (Å²) in [6.07, 6.45) is -0.302. The van der Waals surface area contributed by atoms with E-state index in [0.717, 1.165) is 5.56 Å². The van der Waals surface area contributed by atoms with Crippen molar-refractivity contribution in [2.75, 3.05) is 26.3 Å². The lowest BCUT2D eigenvalue weighted by molar-refractivity contribution is -0.384. The average molecular weight is 539 g/mol. The number of nitro benzene ring substituents is 1. The Hall–Kier alpha value is -4.22. The maximum atomic E-state index is 13.1. The third-order valence-electron chi connectivity index (χ3n) is 6.16. The lowest BCUT2D eigenvalue weighted by Gasteiger charge is -2.32. The zero-order valence-corrected chi connectivity index (χ0v) is 22.1. The summed E-state index contributed by atoms with van der Waals surface area (Å²) >= 11 is 0. The minimum absolute atomic E-state index is 0.0313. The number of dihydropyridines is 1. The molecule has 1 aliphatic heterocycles. The molecule has 0 bridgehead atoms. The lowest BCUT2D eigenvalue weighted by Crippen LogP contribution is -2.37. The van der Waals surface area contributed by atoms with E-state index in [-0.39, 0.29) is 47.9 Å². The lowest BCUT2D eigenvalue weighted by atomic mass is 9.80. The first-order valence-corrected chi connectivity index (χ1v) is 12.5. The van der Waals surface area contributed by atoms with Crippen molar-refractivity contribution in [3.8, 4) is 5.75 Å². The summed E-state index contributed by atoms with van der Waals surface area (Å²) in [5, 5.41) is 39.4. The number of nitrogens with zero attached hydrogens (tertiary/aromatic N) is 1. The Morgan fingerprint density at radius 3 is 2.51 bits per heavy atom. The summed E-state index contributed by atoms with van der Waals surface area (Å²) in [4.78, 5) is 35.8. The van der Waals surface area contributed by atoms with Crippen molar-refractivity contribution >= 4 is 17.6 Å². The molecule has 1 heterocycles. The fourth-order valence-electron chi connectivity index (χ4n) is 4.35. The zero-order chi connectivity index (χ0) is 28.5. The molecule has 2 aromatic carbocycles. The van der Waals surface area contributed by atoms with Gasteiger partial charge in [-0.1, -0.05) is 24.3 Å². The van der Waals surface area contributed by atoms with Gasteiger partial charge in [0.05, 0.1) is 23.1 Å². The quantitative estimate of drug-likeness (QED) is 0.148. The number of carbonyl (C=O) groups excluding carboxylic acids is 2. The van der Waals surface area contributed by atoms with E-state index in [1.165, 1.54) is 31.2 Å². The molecule has 0 fully saturated rings. The summed E-state index contributed by atoms with van der Waals surface area (Å²) in [6.45, 7) is 5.98. The van der Waals surface area contributed by atoms with Crippen molar-refractivity contribution in [2.45, 2.75) is 39.2 Å². The number of aliphatic carboxylic acids is 1. The standard InChI is InChI=1S/C28H33N3O8/c1-17-7-4-10-23(13-17)39-16-22(32)15-29-11-6-12-38-28(35)25-19(3)30-18(2)24(27(33)34)26(25)20-8-5-9-21(14-20)31(36)37/h4-5,7-10,13-14,22,26,29-30,32H,6,11-12,15-16H2,1-3H3,(H,33,34)/p-1. The molecule has 1 aliphatic rings. The van der Waals surface area contributed by atoms with Crippen LogP contribution in [0.25, 0.3) is 0 Å². The highest BCUT2D eigenvalue weighted by Gasteiger charge is 2.35. The Balaban J connectivity index is 1.56. The van der Waals surface area contributed by atoms with Crippen LogP contribution in [0.15, 0.2) is 71.1 Å². The van der Waals surface area contributed by atoms with Gasteiger partial charge >= 0.3 is 5.97 Å². The van der Waals surface area contributed by atoms with Gasteiger partial charge in [-0.15, -0.1) is 0 Å². The second-order valence-corrected chi connectivity index (χ2v) is 9.25. The molecule has 3 N–H and O–H groups in total. The summed E-state index contributed by atoms with van der Waals surface area (Å²) in [6, 6.07) is 13.0. The van der Waals surface area contributed by atoms with E-state index in [9.17, 15) is 29.9 Å². The topological polar surface area (TPSA) is 163 Å². The number of hydrogen-bond donors (Lipinski definition) is 3. The molecular weight excluding hydrogens is 506 g/mol. The van der Waals surface area contributed by atoms with E-state index in [1.807, 2.05) is 31.2 Å². The number of aryl methyl sites for hydroxylation is 1. The van der Waals surface area contributed by atoms with E-state index >= 15 is 0 Å². The van der Waals surface area contributed by atoms with Gasteiger partial charge in [-0.05, 0) is 57.0 Å². The Morgan fingerprint density at radius 2 is 1.82 bits per heavy atom. The van der Waals surface area contributed by atoms with Crippen molar-refractivity contribution in [3.63, 3.8) is 0 Å². The minimum atomic E-state index is -1.50. The van der Waals surface area contributed by atoms with Crippen molar-refractivity contribution < 1.29 is 34.2 Å². The highest BCUT2D eigenvalue weighted by Crippen LogP contribution is 2.39. The number of carboxylic acids is 1. The molecule has 0 saturated heterocycles. The Kier molecular flexibility index (Phi) is 10.2. The third kappa shape index (κ3) is 7.88. The number of nitrogens with one attached hydrogen (secondary N) is 2. The normalized spacial score (nSPS) is 15.9. The monoisotopic (exact) mass is 538 g/mol. The predicted octanol–water partition coefficient (Wildman–Crippen LogP) is 1.85. The smallest absolute Gasteiger partial charge is 0.336 e. The number of esters is 1. The maximum absolute atomic E-state index is 13.1. The van der Waals surface area contributed by atoms with Crippen molar-refractivity contribution in [1.82, 2.24) is 10.6 Å². The molecule has 39 heavy (non-hydrogen) atoms. The van der Waals surface area contributed by atoms with Gasteiger partial charge < -0.3 is 35.1 Å². The van der Waals surface area contributed by atoms with Gasteiger partial charge in [-0.25, -0.2) is 4.79 Å². The summed E-state index contributed by atoms with van der Waals surface area (Å²) < 4.78 is 11.0. The van der Waals surface area contributed by atoms with Gasteiger partial charge in [0.2, 0.25) is 0 Å². The minimum Gasteiger partial charge on any atom is -0.545 e. The van der Waals surface area contributed by atoms with Crippen LogP contribution in [0.5, 0.6) is 5.75 Å². The van der Waals surface area contributed by atoms with Crippen LogP contribution in [0, 0.1) is 17.0 Å². The number of allylic oxidation sites excluding steroid dienone is 2. The maximum Gasteiger partial charge on any atom is 0.336 e. The Bertz CT molecular complexity index is 1290. The number of nitro groups is 1. The molecule has 2 unspecified atom stereocenters. The highest BCUT2D eigenvalue weighted by molar-refractivity contribution is 5.98. The number of ether oxygens (including phenoxy) is 2. The van der Waals surface area contributed by atoms with Gasteiger partial charge in [-0.2, -0.15) is 0 Å². The molecule has 11 nitrogen and oxygen atoms in total. The molecule has 0 amide bonds. The SMILES string of the molecule is CC1=C(C(=O)[O-])C(c2cccc([N+](=O)[O-])c2)C(C(=O)OCCCNCC(O)COc2cccc(C)c2)=C(C)N1. The summed E-state index contributed by atoms with van der Waals surface area (Å²) in [7, 11) is 0. The van der Waals surface area contributed by atoms with Crippen LogP contribution in [0.2, 0.25) is 0 Å². The van der Waals surface area contributed by atoms with Crippen molar-refractivity contribution in [3.05, 3.63) is 92.3 Å². The second kappa shape index (κ2) is 13.5. The van der Waals surface area contributed by atoms with Gasteiger partial charge in [0.25, 0.3) is 5.69 Å². The van der Waals surface area contributed by atoms with Crippen LogP contribution in [0.4, 0.5) is 5.69 Å². The average Bonchev–Trinajstić information content (AvgIpc) is 2.88. The van der Waals surface area contributed by atoms with Crippen molar-refractivity contribution in [1.29, 1.82) is 0 Å². The van der Waals surface area contributed by atoms with Crippen LogP contribution in [-0.4, -0.2) is 54.4 Å². The fraction of sp³-hybridized carbons (Fsp3) is 0.357. The van der Waals surface area contributed by atoms with Gasteiger partial charge in [0.15, 0.2) is 0 Å². The second-order valence-electron chi connectivity index (χ2n) is 9.25. The number of hydrogen-bond acceptors (Lipinski definition) is 10. The molecule has 0 aromatic heterocycles. The van der Waals surface area contributed by atoms with Gasteiger partial charge in [0, 0.05) is 41.6 Å². The molecule has 2 aromatic rings. The molecule has 2 atom stereocenters. The molecular formula is C28H32N3O8-. The van der Waals surface area contributed by atoms with Gasteiger partial charge in [-0.3, -0.25) is 10.1 Å². The van der Waals surface area contributed by atoms with Crippen LogP contribution in [-0.2, 0) is 14.3 Å². The van der Waals surface area contributed by atoms with E-state index < -0.39 is 28.9 Å². The third-order valence-corrected chi connectivity index (χ3v) is 6.16. The zero-order valence-electron chi connectivity index (χ0n) is 22.1. The number of rotatable bonds is 13. The largest absolute Gasteiger partial charge is 0.545 e.